The molecule has 0 fully saturated rings. The van der Waals surface area contributed by atoms with Crippen LogP contribution in [0, 0.1) is 0 Å². The van der Waals surface area contributed by atoms with Crippen molar-refractivity contribution in [2.24, 2.45) is 0 Å². The summed E-state index contributed by atoms with van der Waals surface area (Å²) in [5.41, 5.74) is 2.87. The maximum Gasteiger partial charge on any atom is 0.166 e. The van der Waals surface area contributed by atoms with Crippen molar-refractivity contribution in [2.75, 3.05) is 18.4 Å². The minimum absolute atomic E-state index is 0.235. The summed E-state index contributed by atoms with van der Waals surface area (Å²) in [7, 11) is 0. The molecule has 0 bridgehead atoms. The number of thiophene rings is 1. The van der Waals surface area contributed by atoms with E-state index in [1.54, 1.807) is 17.7 Å². The van der Waals surface area contributed by atoms with E-state index in [0.717, 1.165) is 41.5 Å². The lowest BCUT2D eigenvalue weighted by atomic mass is 10.1. The molecule has 7 heteroatoms. The van der Waals surface area contributed by atoms with Crippen molar-refractivity contribution in [3.63, 3.8) is 0 Å². The Morgan fingerprint density at radius 2 is 1.77 bits per heavy atom. The third kappa shape index (κ3) is 4.16. The van der Waals surface area contributed by atoms with Crippen LogP contribution in [0.2, 0.25) is 0 Å². The van der Waals surface area contributed by atoms with Gasteiger partial charge in [-0.15, -0.1) is 11.3 Å². The quantitative estimate of drug-likeness (QED) is 0.377. The van der Waals surface area contributed by atoms with Crippen molar-refractivity contribution in [3.8, 4) is 11.4 Å². The van der Waals surface area contributed by atoms with Crippen LogP contribution in [0.3, 0.4) is 0 Å². The van der Waals surface area contributed by atoms with E-state index in [9.17, 15) is 0 Å². The Labute approximate surface area is 188 Å². The van der Waals surface area contributed by atoms with Crippen molar-refractivity contribution >= 4 is 38.4 Å². The third-order valence-corrected chi connectivity index (χ3v) is 6.67. The van der Waals surface area contributed by atoms with E-state index in [4.69, 9.17) is 4.98 Å². The Balaban J connectivity index is 1.72. The maximum absolute atomic E-state index is 5.06. The van der Waals surface area contributed by atoms with Gasteiger partial charge >= 0.3 is 0 Å². The van der Waals surface area contributed by atoms with E-state index in [1.807, 2.05) is 0 Å². The zero-order valence-electron chi connectivity index (χ0n) is 19.3. The number of nitrogens with one attached hydrogen (secondary N) is 1. The smallest absolute Gasteiger partial charge is 0.166 e. The molecule has 4 rings (SSSR count). The zero-order valence-corrected chi connectivity index (χ0v) is 20.1. The molecule has 0 aliphatic heterocycles. The van der Waals surface area contributed by atoms with Crippen LogP contribution in [-0.4, -0.2) is 49.6 Å². The van der Waals surface area contributed by atoms with Crippen molar-refractivity contribution in [2.45, 2.75) is 59.7 Å². The molecule has 0 atom stereocenters. The van der Waals surface area contributed by atoms with Crippen LogP contribution in [0.4, 0.5) is 5.82 Å². The van der Waals surface area contributed by atoms with Gasteiger partial charge in [0.1, 0.15) is 12.2 Å². The minimum Gasteiger partial charge on any atom is -0.367 e. The van der Waals surface area contributed by atoms with Gasteiger partial charge in [0.2, 0.25) is 0 Å². The average Bonchev–Trinajstić information content (AvgIpc) is 3.32. The molecule has 0 radical (unpaired) electrons. The lowest BCUT2D eigenvalue weighted by Crippen LogP contribution is -2.40. The second kappa shape index (κ2) is 8.93. The SMILES string of the molecule is CC(C)N(CCNc1ncnc2c1nc(-c1csc3ccccc13)n2C(C)C)C(C)C. The molecule has 6 nitrogen and oxygen atoms in total. The molecule has 164 valence electrons. The summed E-state index contributed by atoms with van der Waals surface area (Å²) in [5.74, 6) is 1.76. The molecule has 1 N–H and O–H groups in total. The number of rotatable bonds is 8. The monoisotopic (exact) mass is 436 g/mol. The molecule has 3 aromatic heterocycles. The topological polar surface area (TPSA) is 58.9 Å². The van der Waals surface area contributed by atoms with Crippen molar-refractivity contribution < 1.29 is 0 Å². The fourth-order valence-electron chi connectivity index (χ4n) is 4.28. The van der Waals surface area contributed by atoms with Crippen LogP contribution in [0.1, 0.15) is 47.6 Å². The van der Waals surface area contributed by atoms with Gasteiger partial charge in [-0.05, 0) is 47.6 Å². The highest BCUT2D eigenvalue weighted by Crippen LogP contribution is 2.37. The summed E-state index contributed by atoms with van der Waals surface area (Å²) in [4.78, 5) is 16.7. The number of anilines is 1. The number of imidazole rings is 1. The van der Waals surface area contributed by atoms with Crippen LogP contribution in [0.5, 0.6) is 0 Å². The van der Waals surface area contributed by atoms with Gasteiger partial charge < -0.3 is 9.88 Å². The van der Waals surface area contributed by atoms with Gasteiger partial charge in [0.25, 0.3) is 0 Å². The van der Waals surface area contributed by atoms with Crippen molar-refractivity contribution in [3.05, 3.63) is 36.0 Å². The first-order chi connectivity index (χ1) is 14.9. The summed E-state index contributed by atoms with van der Waals surface area (Å²) in [6.07, 6.45) is 1.64. The first-order valence-electron chi connectivity index (χ1n) is 11.1. The number of hydrogen-bond acceptors (Lipinski definition) is 6. The first-order valence-corrected chi connectivity index (χ1v) is 12.0. The number of nitrogens with zero attached hydrogens (tertiary/aromatic N) is 5. The molecule has 0 aliphatic rings. The summed E-state index contributed by atoms with van der Waals surface area (Å²) in [5, 5.41) is 6.96. The Hall–Kier alpha value is -2.51. The Kier molecular flexibility index (Phi) is 6.25. The number of benzene rings is 1. The maximum atomic E-state index is 5.06. The van der Waals surface area contributed by atoms with Crippen LogP contribution >= 0.6 is 11.3 Å². The van der Waals surface area contributed by atoms with E-state index in [-0.39, 0.29) is 6.04 Å². The van der Waals surface area contributed by atoms with E-state index >= 15 is 0 Å². The lowest BCUT2D eigenvalue weighted by molar-refractivity contribution is 0.182. The molecule has 0 amide bonds. The van der Waals surface area contributed by atoms with Crippen molar-refractivity contribution in [1.82, 2.24) is 24.4 Å². The Morgan fingerprint density at radius 3 is 2.48 bits per heavy atom. The van der Waals surface area contributed by atoms with E-state index in [2.05, 4.69) is 95.9 Å². The second-order valence-corrected chi connectivity index (χ2v) is 9.70. The fraction of sp³-hybridized carbons (Fsp3) is 0.458. The summed E-state index contributed by atoms with van der Waals surface area (Å²) in [6.45, 7) is 15.1. The van der Waals surface area contributed by atoms with Gasteiger partial charge in [-0.2, -0.15) is 0 Å². The number of aromatic nitrogens is 4. The standard InChI is InChI=1S/C24H32N6S/c1-15(2)29(16(3)4)12-11-25-22-21-24(27-14-26-22)30(17(5)6)23(28-21)19-13-31-20-10-8-7-9-18(19)20/h7-10,13-17H,11-12H2,1-6H3,(H,25,26,27). The van der Waals surface area contributed by atoms with E-state index in [1.165, 1.54) is 10.1 Å². The van der Waals surface area contributed by atoms with Gasteiger partial charge in [0.05, 0.1) is 0 Å². The molecule has 0 saturated carbocycles. The predicted molar refractivity (Wildman–Crippen MR) is 132 cm³/mol. The molecule has 0 unspecified atom stereocenters. The van der Waals surface area contributed by atoms with E-state index < -0.39 is 0 Å². The molecule has 31 heavy (non-hydrogen) atoms. The molecular weight excluding hydrogens is 404 g/mol. The highest BCUT2D eigenvalue weighted by Gasteiger charge is 2.21. The normalized spacial score (nSPS) is 12.3. The van der Waals surface area contributed by atoms with Gasteiger partial charge in [0, 0.05) is 52.2 Å². The average molecular weight is 437 g/mol. The predicted octanol–water partition coefficient (Wildman–Crippen LogP) is 5.82. The first kappa shape index (κ1) is 21.7. The summed E-state index contributed by atoms with van der Waals surface area (Å²) < 4.78 is 3.50. The Bertz CT molecular complexity index is 1170. The highest BCUT2D eigenvalue weighted by atomic mass is 32.1. The van der Waals surface area contributed by atoms with Gasteiger partial charge in [0.15, 0.2) is 17.0 Å². The van der Waals surface area contributed by atoms with Gasteiger partial charge in [-0.3, -0.25) is 4.90 Å². The van der Waals surface area contributed by atoms with Crippen LogP contribution in [0.15, 0.2) is 36.0 Å². The third-order valence-electron chi connectivity index (χ3n) is 5.70. The summed E-state index contributed by atoms with van der Waals surface area (Å²) >= 11 is 1.76. The van der Waals surface area contributed by atoms with E-state index in [0.29, 0.717) is 12.1 Å². The molecule has 0 spiro atoms. The molecular formula is C24H32N6S. The van der Waals surface area contributed by atoms with Crippen LogP contribution < -0.4 is 5.32 Å². The van der Waals surface area contributed by atoms with Crippen molar-refractivity contribution in [1.29, 1.82) is 0 Å². The number of hydrogen-bond donors (Lipinski definition) is 1. The highest BCUT2D eigenvalue weighted by molar-refractivity contribution is 7.17. The van der Waals surface area contributed by atoms with Crippen LogP contribution in [-0.2, 0) is 0 Å². The summed E-state index contributed by atoms with van der Waals surface area (Å²) in [6, 6.07) is 9.74. The van der Waals surface area contributed by atoms with Gasteiger partial charge in [-0.25, -0.2) is 15.0 Å². The fourth-order valence-corrected chi connectivity index (χ4v) is 5.22. The minimum atomic E-state index is 0.235. The molecule has 1 aromatic carbocycles. The largest absolute Gasteiger partial charge is 0.367 e. The molecule has 3 heterocycles. The van der Waals surface area contributed by atoms with Gasteiger partial charge in [-0.1, -0.05) is 18.2 Å². The lowest BCUT2D eigenvalue weighted by Gasteiger charge is -2.30. The zero-order chi connectivity index (χ0) is 22.1. The molecule has 0 saturated heterocycles. The number of fused-ring (bicyclic) bond motifs is 2. The Morgan fingerprint density at radius 1 is 1.03 bits per heavy atom. The van der Waals surface area contributed by atoms with Crippen LogP contribution in [0.25, 0.3) is 32.6 Å². The second-order valence-electron chi connectivity index (χ2n) is 8.79. The molecule has 4 aromatic rings. The molecule has 0 aliphatic carbocycles.